The largest absolute Gasteiger partial charge is 0.397 e. The SMILES string of the molecule is CCCCCCCCCCC/C=C\C/C=C\CCCCCCCCCCCCCCC(O)C(=O)NC(COC1OC(CO)C(O)C(OS(=O)(=O)O)C1O)C(O)CCCCC. The fourth-order valence-electron chi connectivity index (χ4n) is 7.55. The van der Waals surface area contributed by atoms with Crippen molar-refractivity contribution in [1.29, 1.82) is 0 Å². The van der Waals surface area contributed by atoms with Gasteiger partial charge in [-0.3, -0.25) is 9.35 Å². The maximum atomic E-state index is 12.9. The lowest BCUT2D eigenvalue weighted by atomic mass is 9.99. The Morgan fingerprint density at radius 2 is 1.12 bits per heavy atom. The second-order valence-electron chi connectivity index (χ2n) is 16.8. The van der Waals surface area contributed by atoms with E-state index in [0.29, 0.717) is 19.3 Å². The van der Waals surface area contributed by atoms with Gasteiger partial charge in [0.25, 0.3) is 0 Å². The summed E-state index contributed by atoms with van der Waals surface area (Å²) in [7, 11) is -5.10. The first-order valence-electron chi connectivity index (χ1n) is 23.8. The average Bonchev–Trinajstić information content (AvgIpc) is 3.22. The molecule has 13 nitrogen and oxygen atoms in total. The molecule has 354 valence electrons. The minimum absolute atomic E-state index is 0.257. The van der Waals surface area contributed by atoms with Gasteiger partial charge in [0.15, 0.2) is 6.29 Å². The van der Waals surface area contributed by atoms with E-state index in [1.54, 1.807) is 0 Å². The van der Waals surface area contributed by atoms with Crippen LogP contribution in [-0.2, 0) is 28.9 Å². The van der Waals surface area contributed by atoms with E-state index in [-0.39, 0.29) is 6.42 Å². The summed E-state index contributed by atoms with van der Waals surface area (Å²) < 4.78 is 47.1. The standard InChI is InChI=1S/C46H87NO12S/c1-3-5-7-8-9-10-11-12-13-14-15-16-17-18-19-20-21-22-23-24-25-26-27-28-29-30-31-33-35-40(50)45(53)47-38(39(49)34-32-6-4-2)37-57-46-43(52)44(59-60(54,55)56)42(51)41(36-48)58-46/h15-16,18-19,38-44,46,48-52H,3-14,17,20-37H2,1-2H3,(H,47,53)(H,54,55,56)/b16-15-,19-18-. The first-order chi connectivity index (χ1) is 28.9. The van der Waals surface area contributed by atoms with Crippen LogP contribution >= 0.6 is 0 Å². The zero-order valence-electron chi connectivity index (χ0n) is 37.4. The Morgan fingerprint density at radius 3 is 1.60 bits per heavy atom. The van der Waals surface area contributed by atoms with Crippen LogP contribution in [0.15, 0.2) is 24.3 Å². The van der Waals surface area contributed by atoms with E-state index in [1.165, 1.54) is 122 Å². The molecule has 1 aliphatic heterocycles. The second kappa shape index (κ2) is 37.0. The highest BCUT2D eigenvalue weighted by molar-refractivity contribution is 7.80. The van der Waals surface area contributed by atoms with Crippen molar-refractivity contribution in [3.8, 4) is 0 Å². The van der Waals surface area contributed by atoms with E-state index in [9.17, 15) is 38.7 Å². The zero-order chi connectivity index (χ0) is 44.3. The lowest BCUT2D eigenvalue weighted by Gasteiger charge is -2.41. The van der Waals surface area contributed by atoms with Gasteiger partial charge in [-0.25, -0.2) is 4.18 Å². The summed E-state index contributed by atoms with van der Waals surface area (Å²) in [5.74, 6) is -0.682. The van der Waals surface area contributed by atoms with Crippen LogP contribution in [0.25, 0.3) is 0 Å². The van der Waals surface area contributed by atoms with Gasteiger partial charge >= 0.3 is 10.4 Å². The molecule has 1 fully saturated rings. The van der Waals surface area contributed by atoms with Crippen LogP contribution < -0.4 is 5.32 Å². The number of unbranched alkanes of at least 4 members (excludes halogenated alkanes) is 23. The van der Waals surface area contributed by atoms with E-state index in [2.05, 4.69) is 40.7 Å². The van der Waals surface area contributed by atoms with Crippen LogP contribution in [0, 0.1) is 0 Å². The summed E-state index contributed by atoms with van der Waals surface area (Å²) in [6, 6.07) is -1.03. The zero-order valence-corrected chi connectivity index (χ0v) is 38.2. The van der Waals surface area contributed by atoms with Crippen molar-refractivity contribution in [1.82, 2.24) is 5.32 Å². The summed E-state index contributed by atoms with van der Waals surface area (Å²) >= 11 is 0. The molecule has 1 amide bonds. The van der Waals surface area contributed by atoms with Crippen LogP contribution in [0.1, 0.15) is 200 Å². The lowest BCUT2D eigenvalue weighted by Crippen LogP contribution is -2.61. The van der Waals surface area contributed by atoms with Crippen molar-refractivity contribution in [3.63, 3.8) is 0 Å². The highest BCUT2D eigenvalue weighted by atomic mass is 32.3. The molecule has 0 bridgehead atoms. The number of carbonyl (C=O) groups is 1. The first-order valence-corrected chi connectivity index (χ1v) is 25.2. The van der Waals surface area contributed by atoms with Gasteiger partial charge in [0.2, 0.25) is 5.91 Å². The molecule has 0 radical (unpaired) electrons. The predicted octanol–water partition coefficient (Wildman–Crippen LogP) is 8.30. The summed E-state index contributed by atoms with van der Waals surface area (Å²) in [5.41, 5.74) is 0. The van der Waals surface area contributed by atoms with Crippen molar-refractivity contribution in [2.75, 3.05) is 13.2 Å². The monoisotopic (exact) mass is 878 g/mol. The smallest absolute Gasteiger partial charge is 0.394 e. The number of hydrogen-bond donors (Lipinski definition) is 7. The number of ether oxygens (including phenoxy) is 2. The Labute approximate surface area is 364 Å². The first kappa shape index (κ1) is 56.6. The van der Waals surface area contributed by atoms with Crippen molar-refractivity contribution >= 4 is 16.3 Å². The topological polar surface area (TPSA) is 212 Å². The number of rotatable bonds is 40. The number of hydrogen-bond acceptors (Lipinski definition) is 11. The number of nitrogens with one attached hydrogen (secondary N) is 1. The van der Waals surface area contributed by atoms with Crippen molar-refractivity contribution in [3.05, 3.63) is 24.3 Å². The molecule has 8 unspecified atom stereocenters. The Morgan fingerprint density at radius 1 is 0.667 bits per heavy atom. The summed E-state index contributed by atoms with van der Waals surface area (Å²) in [6.45, 7) is 3.07. The van der Waals surface area contributed by atoms with Crippen LogP contribution in [0.4, 0.5) is 0 Å². The molecule has 7 N–H and O–H groups in total. The maximum absolute atomic E-state index is 12.9. The highest BCUT2D eigenvalue weighted by Gasteiger charge is 2.48. The molecular formula is C46H87NO12S. The third-order valence-electron chi connectivity index (χ3n) is 11.4. The molecule has 1 saturated heterocycles. The van der Waals surface area contributed by atoms with Gasteiger partial charge in [0.05, 0.1) is 25.4 Å². The van der Waals surface area contributed by atoms with E-state index in [4.69, 9.17) is 14.0 Å². The molecular weight excluding hydrogens is 791 g/mol. The van der Waals surface area contributed by atoms with Gasteiger partial charge in [-0.15, -0.1) is 0 Å². The summed E-state index contributed by atoms with van der Waals surface area (Å²) in [6.07, 6.45) is 30.9. The van der Waals surface area contributed by atoms with E-state index in [0.717, 1.165) is 38.5 Å². The number of carbonyl (C=O) groups excluding carboxylic acids is 1. The predicted molar refractivity (Wildman–Crippen MR) is 238 cm³/mol. The van der Waals surface area contributed by atoms with E-state index < -0.39 is 78.5 Å². The summed E-state index contributed by atoms with van der Waals surface area (Å²) in [5, 5.41) is 54.6. The quantitative estimate of drug-likeness (QED) is 0.0176. The Balaban J connectivity index is 2.19. The van der Waals surface area contributed by atoms with Gasteiger partial charge in [0, 0.05) is 0 Å². The molecule has 8 atom stereocenters. The summed E-state index contributed by atoms with van der Waals surface area (Å²) in [4.78, 5) is 12.9. The fourth-order valence-corrected chi connectivity index (χ4v) is 8.06. The third-order valence-corrected chi connectivity index (χ3v) is 11.8. The minimum Gasteiger partial charge on any atom is -0.394 e. The number of aliphatic hydroxyl groups is 5. The minimum atomic E-state index is -5.10. The van der Waals surface area contributed by atoms with Crippen LogP contribution in [-0.4, -0.2) is 107 Å². The maximum Gasteiger partial charge on any atom is 0.397 e. The van der Waals surface area contributed by atoms with Gasteiger partial charge < -0.3 is 40.3 Å². The van der Waals surface area contributed by atoms with Crippen LogP contribution in [0.2, 0.25) is 0 Å². The van der Waals surface area contributed by atoms with Crippen molar-refractivity contribution < 1.29 is 57.0 Å². The molecule has 1 heterocycles. The van der Waals surface area contributed by atoms with Gasteiger partial charge in [-0.1, -0.05) is 179 Å². The number of amides is 1. The Kier molecular flexibility index (Phi) is 34.8. The Hall–Kier alpha value is -1.46. The lowest BCUT2D eigenvalue weighted by molar-refractivity contribution is -0.298. The molecule has 0 aromatic rings. The van der Waals surface area contributed by atoms with Crippen molar-refractivity contribution in [2.24, 2.45) is 0 Å². The molecule has 0 saturated carbocycles. The molecule has 1 aliphatic rings. The van der Waals surface area contributed by atoms with Crippen molar-refractivity contribution in [2.45, 2.75) is 249 Å². The second-order valence-corrected chi connectivity index (χ2v) is 17.9. The molecule has 0 aliphatic carbocycles. The molecule has 0 aromatic heterocycles. The number of allylic oxidation sites excluding steroid dienone is 4. The number of aliphatic hydroxyl groups excluding tert-OH is 5. The van der Waals surface area contributed by atoms with Gasteiger partial charge in [0.1, 0.15) is 30.5 Å². The van der Waals surface area contributed by atoms with Gasteiger partial charge in [-0.2, -0.15) is 8.42 Å². The molecule has 1 rings (SSSR count). The molecule has 0 aromatic carbocycles. The fraction of sp³-hybridized carbons (Fsp3) is 0.891. The molecule has 0 spiro atoms. The van der Waals surface area contributed by atoms with Crippen LogP contribution in [0.3, 0.4) is 0 Å². The molecule has 14 heteroatoms. The average molecular weight is 878 g/mol. The Bertz CT molecular complexity index is 1190. The highest BCUT2D eigenvalue weighted by Crippen LogP contribution is 2.26. The van der Waals surface area contributed by atoms with Gasteiger partial charge in [-0.05, 0) is 44.9 Å². The molecule has 60 heavy (non-hydrogen) atoms. The third kappa shape index (κ3) is 29.0. The van der Waals surface area contributed by atoms with E-state index in [1.807, 2.05) is 6.92 Å². The van der Waals surface area contributed by atoms with Crippen LogP contribution in [0.5, 0.6) is 0 Å². The normalized spacial score (nSPS) is 21.5. The van der Waals surface area contributed by atoms with E-state index >= 15 is 0 Å².